The van der Waals surface area contributed by atoms with E-state index in [2.05, 4.69) is 4.90 Å². The second-order valence-electron chi connectivity index (χ2n) is 4.74. The summed E-state index contributed by atoms with van der Waals surface area (Å²) in [6, 6.07) is 7.21. The number of aliphatic hydroxyl groups is 1. The van der Waals surface area contributed by atoms with Gasteiger partial charge in [-0.2, -0.15) is 0 Å². The Labute approximate surface area is 99.8 Å². The summed E-state index contributed by atoms with van der Waals surface area (Å²) in [5, 5.41) is 9.17. The Hall–Kier alpha value is -0.970. The van der Waals surface area contributed by atoms with E-state index in [4.69, 9.17) is 4.74 Å². The minimum absolute atomic E-state index is 0.00578. The molecule has 2 fully saturated rings. The molecule has 3 rings (SSSR count). The molecule has 0 spiro atoms. The smallest absolute Gasteiger partial charge is 0.140 e. The number of benzene rings is 1. The van der Waals surface area contributed by atoms with E-state index in [0.717, 1.165) is 12.8 Å². The predicted molar refractivity (Wildman–Crippen MR) is 60.8 cm³/mol. The van der Waals surface area contributed by atoms with Gasteiger partial charge in [-0.1, -0.05) is 18.2 Å². The molecule has 92 valence electrons. The molecule has 17 heavy (non-hydrogen) atoms. The number of hydrogen-bond acceptors (Lipinski definition) is 3. The zero-order valence-corrected chi connectivity index (χ0v) is 9.55. The first kappa shape index (κ1) is 11.1. The molecule has 0 aromatic heterocycles. The Kier molecular flexibility index (Phi) is 2.86. The quantitative estimate of drug-likeness (QED) is 0.868. The summed E-state index contributed by atoms with van der Waals surface area (Å²) in [4.78, 5) is 2.17. The van der Waals surface area contributed by atoms with Crippen LogP contribution in [0.4, 0.5) is 4.39 Å². The van der Waals surface area contributed by atoms with E-state index < -0.39 is 0 Å². The lowest BCUT2D eigenvalue weighted by Crippen LogP contribution is -2.28. The van der Waals surface area contributed by atoms with Crippen LogP contribution >= 0.6 is 0 Å². The van der Waals surface area contributed by atoms with Crippen molar-refractivity contribution in [2.45, 2.75) is 31.2 Å². The van der Waals surface area contributed by atoms with Gasteiger partial charge in [-0.05, 0) is 18.9 Å². The summed E-state index contributed by atoms with van der Waals surface area (Å²) in [5.74, 6) is -0.235. The second-order valence-corrected chi connectivity index (χ2v) is 4.74. The first-order valence-corrected chi connectivity index (χ1v) is 6.06. The molecular formula is C13H16FNO2. The molecule has 4 heteroatoms. The second kappa shape index (κ2) is 4.37. The fourth-order valence-corrected chi connectivity index (χ4v) is 2.41. The molecule has 0 bridgehead atoms. The van der Waals surface area contributed by atoms with Crippen molar-refractivity contribution in [2.24, 2.45) is 0 Å². The van der Waals surface area contributed by atoms with Crippen LogP contribution in [0, 0.1) is 5.82 Å². The van der Waals surface area contributed by atoms with Gasteiger partial charge in [0, 0.05) is 18.2 Å². The summed E-state index contributed by atoms with van der Waals surface area (Å²) in [6.07, 6.45) is 1.76. The third kappa shape index (κ3) is 2.08. The molecule has 2 atom stereocenters. The maximum Gasteiger partial charge on any atom is 0.140 e. The molecule has 3 nitrogen and oxygen atoms in total. The van der Waals surface area contributed by atoms with E-state index in [1.165, 1.54) is 6.07 Å². The molecule has 2 aliphatic rings. The molecule has 1 saturated carbocycles. The zero-order valence-electron chi connectivity index (χ0n) is 9.55. The van der Waals surface area contributed by atoms with Crippen LogP contribution in [0.5, 0.6) is 0 Å². The summed E-state index contributed by atoms with van der Waals surface area (Å²) in [7, 11) is 0. The molecule has 1 aliphatic heterocycles. The van der Waals surface area contributed by atoms with Gasteiger partial charge in [0.05, 0.1) is 12.7 Å². The number of hydrogen-bond donors (Lipinski definition) is 1. The van der Waals surface area contributed by atoms with E-state index >= 15 is 0 Å². The van der Waals surface area contributed by atoms with Gasteiger partial charge in [-0.25, -0.2) is 4.39 Å². The third-order valence-corrected chi connectivity index (χ3v) is 3.43. The number of nitrogens with zero attached hydrogens (tertiary/aromatic N) is 1. The molecule has 1 aromatic rings. The van der Waals surface area contributed by atoms with Crippen LogP contribution in [0.25, 0.3) is 0 Å². The Bertz CT molecular complexity index is 408. The maximum absolute atomic E-state index is 13.8. The fourth-order valence-electron chi connectivity index (χ4n) is 2.41. The van der Waals surface area contributed by atoms with Gasteiger partial charge in [-0.15, -0.1) is 0 Å². The average Bonchev–Trinajstić information content (AvgIpc) is 3.10. The van der Waals surface area contributed by atoms with E-state index in [-0.39, 0.29) is 24.8 Å². The van der Waals surface area contributed by atoms with Crippen molar-refractivity contribution in [2.75, 3.05) is 13.2 Å². The van der Waals surface area contributed by atoms with Gasteiger partial charge in [0.2, 0.25) is 0 Å². The minimum Gasteiger partial charge on any atom is -0.394 e. The zero-order chi connectivity index (χ0) is 11.8. The molecule has 0 amide bonds. The molecule has 1 heterocycles. The molecule has 2 unspecified atom stereocenters. The Morgan fingerprint density at radius 1 is 1.35 bits per heavy atom. The maximum atomic E-state index is 13.8. The van der Waals surface area contributed by atoms with Crippen LogP contribution in [0.1, 0.15) is 24.6 Å². The van der Waals surface area contributed by atoms with Crippen LogP contribution in [0.2, 0.25) is 0 Å². The van der Waals surface area contributed by atoms with E-state index in [1.54, 1.807) is 12.1 Å². The number of aliphatic hydroxyl groups excluding tert-OH is 1. The van der Waals surface area contributed by atoms with Crippen LogP contribution in [-0.2, 0) is 4.74 Å². The van der Waals surface area contributed by atoms with Crippen LogP contribution < -0.4 is 0 Å². The Balaban J connectivity index is 1.87. The van der Waals surface area contributed by atoms with E-state index in [1.807, 2.05) is 6.07 Å². The van der Waals surface area contributed by atoms with Crippen LogP contribution in [-0.4, -0.2) is 35.3 Å². The van der Waals surface area contributed by atoms with Gasteiger partial charge in [0.15, 0.2) is 0 Å². The number of rotatable bonds is 3. The first-order valence-electron chi connectivity index (χ1n) is 6.06. The van der Waals surface area contributed by atoms with Crippen molar-refractivity contribution >= 4 is 0 Å². The topological polar surface area (TPSA) is 32.7 Å². The van der Waals surface area contributed by atoms with E-state index in [0.29, 0.717) is 18.2 Å². The van der Waals surface area contributed by atoms with Gasteiger partial charge < -0.3 is 9.84 Å². The van der Waals surface area contributed by atoms with Gasteiger partial charge >= 0.3 is 0 Å². The average molecular weight is 237 g/mol. The van der Waals surface area contributed by atoms with Crippen molar-refractivity contribution in [3.8, 4) is 0 Å². The Morgan fingerprint density at radius 3 is 2.76 bits per heavy atom. The Morgan fingerprint density at radius 2 is 2.12 bits per heavy atom. The van der Waals surface area contributed by atoms with Crippen molar-refractivity contribution in [3.63, 3.8) is 0 Å². The van der Waals surface area contributed by atoms with Crippen molar-refractivity contribution in [3.05, 3.63) is 35.6 Å². The molecule has 1 N–H and O–H groups in total. The molecule has 1 aromatic carbocycles. The summed E-state index contributed by atoms with van der Waals surface area (Å²) >= 11 is 0. The van der Waals surface area contributed by atoms with E-state index in [9.17, 15) is 9.50 Å². The highest BCUT2D eigenvalue weighted by molar-refractivity contribution is 5.21. The minimum atomic E-state index is -0.333. The molecule has 1 aliphatic carbocycles. The lowest BCUT2D eigenvalue weighted by molar-refractivity contribution is -0.0234. The van der Waals surface area contributed by atoms with Crippen molar-refractivity contribution < 1.29 is 14.2 Å². The fraction of sp³-hybridized carbons (Fsp3) is 0.538. The first-order chi connectivity index (χ1) is 8.29. The summed E-state index contributed by atoms with van der Waals surface area (Å²) in [5.41, 5.74) is 0.579. The van der Waals surface area contributed by atoms with Crippen LogP contribution in [0.3, 0.4) is 0 Å². The lowest BCUT2D eigenvalue weighted by Gasteiger charge is -2.22. The third-order valence-electron chi connectivity index (χ3n) is 3.43. The van der Waals surface area contributed by atoms with Gasteiger partial charge in [0.25, 0.3) is 0 Å². The highest BCUT2D eigenvalue weighted by atomic mass is 19.1. The predicted octanol–water partition coefficient (Wildman–Crippen LogP) is 1.68. The summed E-state index contributed by atoms with van der Waals surface area (Å²) in [6.45, 7) is 0.689. The van der Waals surface area contributed by atoms with Crippen molar-refractivity contribution in [1.82, 2.24) is 4.90 Å². The standard InChI is InChI=1S/C13H16FNO2/c14-12-4-2-1-3-11(12)13-15(9-5-6-9)7-10(8-16)17-13/h1-4,9-10,13,16H,5-8H2. The molecule has 0 radical (unpaired) electrons. The molecular weight excluding hydrogens is 221 g/mol. The number of ether oxygens (including phenoxy) is 1. The normalized spacial score (nSPS) is 29.8. The largest absolute Gasteiger partial charge is 0.394 e. The monoisotopic (exact) mass is 237 g/mol. The highest BCUT2D eigenvalue weighted by Gasteiger charge is 2.42. The van der Waals surface area contributed by atoms with Crippen molar-refractivity contribution in [1.29, 1.82) is 0 Å². The van der Waals surface area contributed by atoms with Gasteiger partial charge in [-0.3, -0.25) is 4.90 Å². The molecule has 1 saturated heterocycles. The summed E-state index contributed by atoms with van der Waals surface area (Å²) < 4.78 is 19.5. The SMILES string of the molecule is OCC1CN(C2CC2)C(c2ccccc2F)O1. The lowest BCUT2D eigenvalue weighted by atomic mass is 10.1. The van der Waals surface area contributed by atoms with Crippen LogP contribution in [0.15, 0.2) is 24.3 Å². The highest BCUT2D eigenvalue weighted by Crippen LogP contribution is 2.40. The number of halogens is 1. The van der Waals surface area contributed by atoms with Gasteiger partial charge in [0.1, 0.15) is 12.0 Å².